The summed E-state index contributed by atoms with van der Waals surface area (Å²) in [6.07, 6.45) is 0. The first-order valence-electron chi connectivity index (χ1n) is 10.2. The number of benzene rings is 2. The molecular weight excluding hydrogens is 366 g/mol. The third-order valence-corrected chi connectivity index (χ3v) is 5.20. The van der Waals surface area contributed by atoms with E-state index in [9.17, 15) is 4.79 Å². The molecule has 1 aliphatic rings. The molecule has 1 fully saturated rings. The molecule has 1 N–H and O–H groups in total. The number of hydrogen-bond acceptors (Lipinski definition) is 4. The van der Waals surface area contributed by atoms with Crippen molar-refractivity contribution in [2.45, 2.75) is 44.4 Å². The van der Waals surface area contributed by atoms with Crippen molar-refractivity contribution in [3.63, 3.8) is 0 Å². The van der Waals surface area contributed by atoms with E-state index in [0.29, 0.717) is 0 Å². The summed E-state index contributed by atoms with van der Waals surface area (Å²) >= 11 is 1.67. The van der Waals surface area contributed by atoms with Gasteiger partial charge in [-0.1, -0.05) is 57.7 Å². The van der Waals surface area contributed by atoms with Crippen LogP contribution in [0.25, 0.3) is 0 Å². The fraction of sp³-hybridized carbons (Fsp3) is 0.435. The number of hydrogen-bond donors (Lipinski definition) is 1. The molecule has 0 radical (unpaired) electrons. The molecule has 28 heavy (non-hydrogen) atoms. The molecule has 0 aromatic heterocycles. The number of amides is 1. The van der Waals surface area contributed by atoms with Gasteiger partial charge < -0.3 is 15.1 Å². The van der Waals surface area contributed by atoms with Gasteiger partial charge in [-0.25, -0.2) is 0 Å². The molecule has 0 bridgehead atoms. The number of nitrogens with one attached hydrogen (secondary N) is 1. The van der Waals surface area contributed by atoms with Crippen LogP contribution in [0.5, 0.6) is 0 Å². The number of likely N-dealkylation sites (N-methyl/N-ethyl adjacent to an activating group) is 1. The monoisotopic (exact) mass is 401 g/mol. The second-order valence-electron chi connectivity index (χ2n) is 6.07. The lowest BCUT2D eigenvalue weighted by molar-refractivity contribution is -0.114. The molecule has 0 spiro atoms. The second-order valence-corrected chi connectivity index (χ2v) is 7.18. The lowest BCUT2D eigenvalue weighted by Crippen LogP contribution is -2.44. The van der Waals surface area contributed by atoms with E-state index in [-0.39, 0.29) is 5.91 Å². The standard InChI is InChI=1S/C19H23N3OS.2C2H6/c1-15(23)20-18-14-16(22-12-10-21(2)11-13-22)8-9-19(18)24-17-6-4-3-5-7-17;2*1-2/h3-9,14H,10-13H2,1-2H3,(H,20,23);2*1-2H3. The summed E-state index contributed by atoms with van der Waals surface area (Å²) in [5.74, 6) is -0.0413. The number of nitrogens with zero attached hydrogens (tertiary/aromatic N) is 2. The summed E-state index contributed by atoms with van der Waals surface area (Å²) in [4.78, 5) is 18.6. The maximum absolute atomic E-state index is 11.6. The van der Waals surface area contributed by atoms with Crippen LogP contribution in [0.3, 0.4) is 0 Å². The van der Waals surface area contributed by atoms with Gasteiger partial charge in [0.15, 0.2) is 0 Å². The maximum Gasteiger partial charge on any atom is 0.221 e. The van der Waals surface area contributed by atoms with Crippen molar-refractivity contribution < 1.29 is 4.79 Å². The Bertz CT molecular complexity index is 698. The second kappa shape index (κ2) is 13.2. The SMILES string of the molecule is CC.CC.CC(=O)Nc1cc(N2CCN(C)CC2)ccc1Sc1ccccc1. The van der Waals surface area contributed by atoms with E-state index < -0.39 is 0 Å². The molecule has 0 aliphatic carbocycles. The van der Waals surface area contributed by atoms with Crippen molar-refractivity contribution in [1.82, 2.24) is 4.90 Å². The van der Waals surface area contributed by atoms with Crippen LogP contribution in [0, 0.1) is 0 Å². The molecule has 2 aromatic rings. The van der Waals surface area contributed by atoms with E-state index in [2.05, 4.69) is 52.5 Å². The molecule has 5 heteroatoms. The molecule has 4 nitrogen and oxygen atoms in total. The van der Waals surface area contributed by atoms with Crippen molar-refractivity contribution in [3.8, 4) is 0 Å². The van der Waals surface area contributed by atoms with Crippen molar-refractivity contribution in [2.75, 3.05) is 43.4 Å². The zero-order valence-electron chi connectivity index (χ0n) is 18.2. The predicted molar refractivity (Wildman–Crippen MR) is 124 cm³/mol. The lowest BCUT2D eigenvalue weighted by atomic mass is 10.2. The first kappa shape index (κ1) is 24.1. The molecule has 1 saturated heterocycles. The third kappa shape index (κ3) is 7.56. The van der Waals surface area contributed by atoms with E-state index in [1.807, 2.05) is 45.9 Å². The van der Waals surface area contributed by atoms with E-state index in [1.165, 1.54) is 5.69 Å². The Labute approximate surface area is 175 Å². The van der Waals surface area contributed by atoms with E-state index in [1.54, 1.807) is 18.7 Å². The van der Waals surface area contributed by atoms with Gasteiger partial charge in [-0.05, 0) is 37.4 Å². The highest BCUT2D eigenvalue weighted by Gasteiger charge is 2.16. The molecule has 1 amide bonds. The van der Waals surface area contributed by atoms with Crippen molar-refractivity contribution in [2.24, 2.45) is 0 Å². The normalized spacial score (nSPS) is 13.6. The van der Waals surface area contributed by atoms with Crippen LogP contribution in [0.2, 0.25) is 0 Å². The van der Waals surface area contributed by atoms with Crippen molar-refractivity contribution >= 4 is 29.0 Å². The largest absolute Gasteiger partial charge is 0.369 e. The topological polar surface area (TPSA) is 35.6 Å². The van der Waals surface area contributed by atoms with Gasteiger partial charge in [0.05, 0.1) is 5.69 Å². The van der Waals surface area contributed by atoms with Crippen LogP contribution < -0.4 is 10.2 Å². The van der Waals surface area contributed by atoms with Gasteiger partial charge in [-0.15, -0.1) is 0 Å². The summed E-state index contributed by atoms with van der Waals surface area (Å²) in [6, 6.07) is 16.6. The van der Waals surface area contributed by atoms with Gasteiger partial charge in [0, 0.05) is 48.6 Å². The minimum absolute atomic E-state index is 0.0413. The zero-order chi connectivity index (χ0) is 20.9. The molecule has 0 saturated carbocycles. The number of anilines is 2. The van der Waals surface area contributed by atoms with Crippen LogP contribution in [0.15, 0.2) is 58.3 Å². The Morgan fingerprint density at radius 3 is 2.11 bits per heavy atom. The Morgan fingerprint density at radius 2 is 1.54 bits per heavy atom. The van der Waals surface area contributed by atoms with Crippen molar-refractivity contribution in [1.29, 1.82) is 0 Å². The van der Waals surface area contributed by atoms with Gasteiger partial charge in [0.1, 0.15) is 0 Å². The highest BCUT2D eigenvalue weighted by molar-refractivity contribution is 7.99. The maximum atomic E-state index is 11.6. The van der Waals surface area contributed by atoms with Gasteiger partial charge >= 0.3 is 0 Å². The smallest absolute Gasteiger partial charge is 0.221 e. The van der Waals surface area contributed by atoms with E-state index >= 15 is 0 Å². The first-order chi connectivity index (χ1) is 13.6. The minimum Gasteiger partial charge on any atom is -0.369 e. The highest BCUT2D eigenvalue weighted by atomic mass is 32.2. The molecule has 0 atom stereocenters. The average molecular weight is 402 g/mol. The molecule has 1 aliphatic heterocycles. The summed E-state index contributed by atoms with van der Waals surface area (Å²) in [6.45, 7) is 13.7. The van der Waals surface area contributed by atoms with E-state index in [4.69, 9.17) is 0 Å². The number of carbonyl (C=O) groups excluding carboxylic acids is 1. The number of carbonyl (C=O) groups is 1. The first-order valence-corrected chi connectivity index (χ1v) is 11.0. The fourth-order valence-electron chi connectivity index (χ4n) is 2.77. The summed E-state index contributed by atoms with van der Waals surface area (Å²) in [5, 5.41) is 2.99. The highest BCUT2D eigenvalue weighted by Crippen LogP contribution is 2.36. The Morgan fingerprint density at radius 1 is 0.929 bits per heavy atom. The van der Waals surface area contributed by atoms with Crippen LogP contribution in [-0.2, 0) is 4.79 Å². The van der Waals surface area contributed by atoms with Crippen LogP contribution in [0.1, 0.15) is 34.6 Å². The molecule has 154 valence electrons. The molecular formula is C23H35N3OS. The van der Waals surface area contributed by atoms with Crippen LogP contribution >= 0.6 is 11.8 Å². The number of piperazine rings is 1. The third-order valence-electron chi connectivity index (χ3n) is 4.11. The Balaban J connectivity index is 0.000000921. The van der Waals surface area contributed by atoms with E-state index in [0.717, 1.165) is 41.7 Å². The van der Waals surface area contributed by atoms with Gasteiger partial charge in [0.2, 0.25) is 5.91 Å². The number of rotatable bonds is 4. The summed E-state index contributed by atoms with van der Waals surface area (Å²) < 4.78 is 0. The molecule has 0 unspecified atom stereocenters. The predicted octanol–water partition coefficient (Wildman–Crippen LogP) is 5.60. The lowest BCUT2D eigenvalue weighted by Gasteiger charge is -2.34. The quantitative estimate of drug-likeness (QED) is 0.723. The summed E-state index contributed by atoms with van der Waals surface area (Å²) in [5.41, 5.74) is 2.05. The summed E-state index contributed by atoms with van der Waals surface area (Å²) in [7, 11) is 2.15. The Kier molecular flexibility index (Phi) is 11.4. The van der Waals surface area contributed by atoms with Gasteiger partial charge in [-0.3, -0.25) is 4.79 Å². The Hall–Kier alpha value is -1.98. The van der Waals surface area contributed by atoms with Gasteiger partial charge in [-0.2, -0.15) is 0 Å². The van der Waals surface area contributed by atoms with Crippen molar-refractivity contribution in [3.05, 3.63) is 48.5 Å². The van der Waals surface area contributed by atoms with Crippen LogP contribution in [-0.4, -0.2) is 44.0 Å². The minimum atomic E-state index is -0.0413. The molecule has 1 heterocycles. The molecule has 3 rings (SSSR count). The molecule has 2 aromatic carbocycles. The zero-order valence-corrected chi connectivity index (χ0v) is 19.0. The van der Waals surface area contributed by atoms with Gasteiger partial charge in [0.25, 0.3) is 0 Å². The fourth-order valence-corrected chi connectivity index (χ4v) is 3.67. The van der Waals surface area contributed by atoms with Crippen LogP contribution in [0.4, 0.5) is 11.4 Å². The average Bonchev–Trinajstić information content (AvgIpc) is 2.73.